The molecule has 0 saturated heterocycles. The summed E-state index contributed by atoms with van der Waals surface area (Å²) in [5.74, 6) is 0.916. The molecule has 6 heteroatoms. The molecule has 0 aromatic rings. The minimum absolute atomic E-state index is 0.0652. The van der Waals surface area contributed by atoms with Gasteiger partial charge in [0.1, 0.15) is 13.2 Å². The topological polar surface area (TPSA) is 78.9 Å². The zero-order valence-electron chi connectivity index (χ0n) is 40.4. The predicted octanol–water partition coefficient (Wildman–Crippen LogP) is 16.9. The third kappa shape index (κ3) is 44.3. The van der Waals surface area contributed by atoms with E-state index >= 15 is 0 Å². The van der Waals surface area contributed by atoms with E-state index in [1.54, 1.807) is 0 Å². The third-order valence-electron chi connectivity index (χ3n) is 12.7. The molecule has 0 saturated carbocycles. The van der Waals surface area contributed by atoms with Crippen molar-refractivity contribution in [1.29, 1.82) is 0 Å². The van der Waals surface area contributed by atoms with Crippen molar-refractivity contribution >= 4 is 17.9 Å². The second-order valence-corrected chi connectivity index (χ2v) is 18.6. The van der Waals surface area contributed by atoms with Gasteiger partial charge < -0.3 is 14.2 Å². The molecule has 0 aromatic heterocycles. The average molecular weight is 835 g/mol. The summed E-state index contributed by atoms with van der Waals surface area (Å²) in [6.07, 6.45) is 46.9. The Bertz CT molecular complexity index is 904. The van der Waals surface area contributed by atoms with Crippen LogP contribution in [0.3, 0.4) is 0 Å². The fraction of sp³-hybridized carbons (Fsp3) is 0.943. The normalized spacial score (nSPS) is 13.0. The second-order valence-electron chi connectivity index (χ2n) is 18.6. The summed E-state index contributed by atoms with van der Waals surface area (Å²) in [4.78, 5) is 37.6. The molecule has 0 aliphatic carbocycles. The number of carbonyl (C=O) groups is 3. The maximum atomic E-state index is 12.6. The van der Waals surface area contributed by atoms with Crippen molar-refractivity contribution in [2.45, 2.75) is 298 Å². The van der Waals surface area contributed by atoms with E-state index < -0.39 is 6.10 Å². The van der Waals surface area contributed by atoms with Gasteiger partial charge in [0.15, 0.2) is 6.10 Å². The van der Waals surface area contributed by atoms with Crippen LogP contribution in [0.25, 0.3) is 0 Å². The van der Waals surface area contributed by atoms with Gasteiger partial charge in [-0.2, -0.15) is 0 Å². The Morgan fingerprint density at radius 2 is 0.593 bits per heavy atom. The zero-order chi connectivity index (χ0) is 43.3. The Kier molecular flexibility index (Phi) is 44.7. The van der Waals surface area contributed by atoms with Crippen LogP contribution in [-0.4, -0.2) is 37.2 Å². The van der Waals surface area contributed by atoms with Crippen LogP contribution in [0.5, 0.6) is 0 Å². The molecule has 59 heavy (non-hydrogen) atoms. The fourth-order valence-electron chi connectivity index (χ4n) is 7.93. The van der Waals surface area contributed by atoms with Crippen LogP contribution in [0.15, 0.2) is 0 Å². The average Bonchev–Trinajstić information content (AvgIpc) is 3.23. The number of hydrogen-bond donors (Lipinski definition) is 0. The molecule has 0 heterocycles. The fourth-order valence-corrected chi connectivity index (χ4v) is 7.93. The first-order valence-corrected chi connectivity index (χ1v) is 26.3. The number of hydrogen-bond acceptors (Lipinski definition) is 6. The number of esters is 3. The van der Waals surface area contributed by atoms with Gasteiger partial charge in [0.05, 0.1) is 0 Å². The first-order valence-electron chi connectivity index (χ1n) is 26.3. The van der Waals surface area contributed by atoms with E-state index in [0.717, 1.165) is 76.0 Å². The number of ether oxygens (including phenoxy) is 3. The Balaban J connectivity index is 4.02. The highest BCUT2D eigenvalue weighted by Gasteiger charge is 2.19. The summed E-state index contributed by atoms with van der Waals surface area (Å²) >= 11 is 0. The number of rotatable bonds is 47. The van der Waals surface area contributed by atoms with E-state index in [-0.39, 0.29) is 31.1 Å². The first-order chi connectivity index (χ1) is 28.8. The van der Waals surface area contributed by atoms with Crippen molar-refractivity contribution in [3.63, 3.8) is 0 Å². The van der Waals surface area contributed by atoms with Crippen molar-refractivity contribution in [3.05, 3.63) is 0 Å². The van der Waals surface area contributed by atoms with Gasteiger partial charge >= 0.3 is 17.9 Å². The molecule has 0 N–H and O–H groups in total. The van der Waals surface area contributed by atoms with E-state index in [4.69, 9.17) is 14.2 Å². The van der Waals surface area contributed by atoms with Crippen LogP contribution in [0, 0.1) is 11.8 Å². The van der Waals surface area contributed by atoms with Gasteiger partial charge in [-0.1, -0.05) is 253 Å². The minimum Gasteiger partial charge on any atom is -0.462 e. The molecule has 2 unspecified atom stereocenters. The Hall–Kier alpha value is -1.59. The van der Waals surface area contributed by atoms with Crippen LogP contribution in [0.1, 0.15) is 291 Å². The number of carbonyl (C=O) groups excluding carboxylic acids is 3. The van der Waals surface area contributed by atoms with Crippen molar-refractivity contribution in [2.24, 2.45) is 11.8 Å². The maximum Gasteiger partial charge on any atom is 0.306 e. The third-order valence-corrected chi connectivity index (χ3v) is 12.7. The molecule has 350 valence electrons. The smallest absolute Gasteiger partial charge is 0.306 e. The highest BCUT2D eigenvalue weighted by Crippen LogP contribution is 2.18. The molecule has 0 aliphatic rings. The molecular weight excluding hydrogens is 733 g/mol. The summed E-state index contributed by atoms with van der Waals surface area (Å²) in [6, 6.07) is 0. The van der Waals surface area contributed by atoms with Gasteiger partial charge in [-0.3, -0.25) is 14.4 Å². The molecule has 0 spiro atoms. The zero-order valence-corrected chi connectivity index (χ0v) is 40.4. The molecule has 0 rings (SSSR count). The molecule has 0 aromatic carbocycles. The monoisotopic (exact) mass is 835 g/mol. The van der Waals surface area contributed by atoms with E-state index in [9.17, 15) is 14.4 Å². The summed E-state index contributed by atoms with van der Waals surface area (Å²) in [5.41, 5.74) is 0. The molecular formula is C53H102O6. The lowest BCUT2D eigenvalue weighted by Gasteiger charge is -2.18. The Labute approximate surface area is 368 Å². The van der Waals surface area contributed by atoms with Crippen molar-refractivity contribution in [2.75, 3.05) is 13.2 Å². The van der Waals surface area contributed by atoms with Crippen LogP contribution in [-0.2, 0) is 28.6 Å². The lowest BCUT2D eigenvalue weighted by molar-refractivity contribution is -0.167. The summed E-state index contributed by atoms with van der Waals surface area (Å²) < 4.78 is 16.7. The van der Waals surface area contributed by atoms with Gasteiger partial charge in [0.2, 0.25) is 0 Å². The molecule has 3 atom stereocenters. The Morgan fingerprint density at radius 1 is 0.339 bits per heavy atom. The van der Waals surface area contributed by atoms with Gasteiger partial charge in [0.25, 0.3) is 0 Å². The highest BCUT2D eigenvalue weighted by molar-refractivity contribution is 5.71. The van der Waals surface area contributed by atoms with Gasteiger partial charge in [-0.15, -0.1) is 0 Å². The molecule has 0 bridgehead atoms. The first kappa shape index (κ1) is 57.4. The maximum absolute atomic E-state index is 12.6. The van der Waals surface area contributed by atoms with E-state index in [0.29, 0.717) is 19.3 Å². The van der Waals surface area contributed by atoms with E-state index in [2.05, 4.69) is 34.6 Å². The molecule has 0 fully saturated rings. The molecule has 0 amide bonds. The molecule has 0 aliphatic heterocycles. The van der Waals surface area contributed by atoms with E-state index in [1.165, 1.54) is 173 Å². The minimum atomic E-state index is -0.759. The Morgan fingerprint density at radius 3 is 0.881 bits per heavy atom. The van der Waals surface area contributed by atoms with Crippen LogP contribution < -0.4 is 0 Å². The second kappa shape index (κ2) is 45.9. The highest BCUT2D eigenvalue weighted by atomic mass is 16.6. The van der Waals surface area contributed by atoms with Gasteiger partial charge in [-0.25, -0.2) is 0 Å². The van der Waals surface area contributed by atoms with Crippen molar-refractivity contribution < 1.29 is 28.6 Å². The van der Waals surface area contributed by atoms with E-state index in [1.807, 2.05) is 0 Å². The van der Waals surface area contributed by atoms with Crippen LogP contribution >= 0.6 is 0 Å². The lowest BCUT2D eigenvalue weighted by atomic mass is 9.99. The summed E-state index contributed by atoms with van der Waals surface area (Å²) in [7, 11) is 0. The lowest BCUT2D eigenvalue weighted by Crippen LogP contribution is -2.30. The largest absolute Gasteiger partial charge is 0.462 e. The quantitative estimate of drug-likeness (QED) is 0.0345. The van der Waals surface area contributed by atoms with Gasteiger partial charge in [0, 0.05) is 19.3 Å². The van der Waals surface area contributed by atoms with Crippen LogP contribution in [0.2, 0.25) is 0 Å². The summed E-state index contributed by atoms with van der Waals surface area (Å²) in [6.45, 7) is 11.4. The van der Waals surface area contributed by atoms with Crippen molar-refractivity contribution in [1.82, 2.24) is 0 Å². The van der Waals surface area contributed by atoms with Crippen LogP contribution in [0.4, 0.5) is 0 Å². The van der Waals surface area contributed by atoms with Gasteiger partial charge in [-0.05, 0) is 31.1 Å². The summed E-state index contributed by atoms with van der Waals surface area (Å²) in [5, 5.41) is 0. The SMILES string of the molecule is CCCCCCCC(=O)O[C@H](COC(=O)CCCCCCCCCCCCCCCCCCCCC(C)CC)COC(=O)CCCCCCCCCCCCC(C)CC. The molecule has 6 nitrogen and oxygen atoms in total. The number of unbranched alkanes of at least 4 members (excludes halogenated alkanes) is 30. The predicted molar refractivity (Wildman–Crippen MR) is 252 cm³/mol. The standard InChI is InChI=1S/C53H102O6/c1-6-9-10-31-40-45-53(56)59-50(47-58-52(55)44-39-35-30-26-22-21-24-28-33-37-42-49(5)8-3)46-57-51(54)43-38-34-29-25-20-18-16-14-12-11-13-15-17-19-23-27-32-36-41-48(4)7-2/h48-50H,6-47H2,1-5H3/t48?,49?,50-/m1/s1. The van der Waals surface area contributed by atoms with Crippen molar-refractivity contribution in [3.8, 4) is 0 Å². The molecule has 0 radical (unpaired) electrons.